The zero-order valence-electron chi connectivity index (χ0n) is 20.4. The average Bonchev–Trinajstić information content (AvgIpc) is 3.64. The van der Waals surface area contributed by atoms with Gasteiger partial charge in [0.2, 0.25) is 5.91 Å². The maximum Gasteiger partial charge on any atom is 0.257 e. The molecule has 3 saturated heterocycles. The number of benzene rings is 2. The molecule has 0 aromatic heterocycles. The number of hydrogen-bond acceptors (Lipinski definition) is 5. The number of likely N-dealkylation sites (tertiary alicyclic amines) is 2. The lowest BCUT2D eigenvalue weighted by molar-refractivity contribution is -0.125. The Morgan fingerprint density at radius 2 is 1.74 bits per heavy atom. The maximum absolute atomic E-state index is 13.1. The van der Waals surface area contributed by atoms with Gasteiger partial charge in [-0.2, -0.15) is 0 Å². The number of hydrogen-bond donors (Lipinski definition) is 1. The fourth-order valence-electron chi connectivity index (χ4n) is 5.78. The molecule has 3 aliphatic rings. The molecule has 35 heavy (non-hydrogen) atoms. The minimum Gasteiger partial charge on any atom is -0.496 e. The molecule has 1 N–H and O–H groups in total. The van der Waals surface area contributed by atoms with Gasteiger partial charge in [-0.1, -0.05) is 42.5 Å². The molecule has 0 bridgehead atoms. The van der Waals surface area contributed by atoms with E-state index in [1.165, 1.54) is 0 Å². The summed E-state index contributed by atoms with van der Waals surface area (Å²) < 4.78 is 10.8. The maximum atomic E-state index is 13.1. The van der Waals surface area contributed by atoms with Crippen molar-refractivity contribution in [3.8, 4) is 5.75 Å². The number of methoxy groups -OCH3 is 1. The largest absolute Gasteiger partial charge is 0.496 e. The second kappa shape index (κ2) is 10.8. The van der Waals surface area contributed by atoms with Gasteiger partial charge in [0.25, 0.3) is 5.91 Å². The molecule has 3 unspecified atom stereocenters. The van der Waals surface area contributed by atoms with E-state index >= 15 is 0 Å². The van der Waals surface area contributed by atoms with Gasteiger partial charge in [0.1, 0.15) is 5.75 Å². The minimum absolute atomic E-state index is 0.00615. The standard InChI is InChI=1S/C28H35N3O4/c1-34-26-10-6-5-9-24(26)28(33)31-17-22-15-30(16-23(22)18-31)13-11-25(20-7-3-2-4-8-20)29-27(32)21-12-14-35-19-21/h2-10,21-23,25H,11-19H2,1H3,(H,29,32)/t21?,22-,23?,25?/m0/s1. The number of nitrogens with one attached hydrogen (secondary N) is 1. The molecule has 3 fully saturated rings. The number of amides is 2. The third kappa shape index (κ3) is 5.36. The second-order valence-electron chi connectivity index (χ2n) is 10.0. The highest BCUT2D eigenvalue weighted by molar-refractivity contribution is 5.97. The summed E-state index contributed by atoms with van der Waals surface area (Å²) >= 11 is 0. The van der Waals surface area contributed by atoms with E-state index in [0.29, 0.717) is 36.4 Å². The van der Waals surface area contributed by atoms with Crippen molar-refractivity contribution in [2.45, 2.75) is 18.9 Å². The molecule has 4 atom stereocenters. The van der Waals surface area contributed by atoms with Crippen molar-refractivity contribution in [2.24, 2.45) is 17.8 Å². The lowest BCUT2D eigenvalue weighted by Crippen LogP contribution is -2.37. The number of rotatable bonds is 8. The predicted molar refractivity (Wildman–Crippen MR) is 133 cm³/mol. The van der Waals surface area contributed by atoms with Gasteiger partial charge in [-0.05, 0) is 42.4 Å². The Morgan fingerprint density at radius 1 is 1.03 bits per heavy atom. The topological polar surface area (TPSA) is 71.1 Å². The molecule has 0 radical (unpaired) electrons. The Labute approximate surface area is 207 Å². The van der Waals surface area contributed by atoms with Crippen LogP contribution < -0.4 is 10.1 Å². The summed E-state index contributed by atoms with van der Waals surface area (Å²) in [6, 6.07) is 17.7. The molecule has 2 amide bonds. The molecule has 3 aliphatic heterocycles. The van der Waals surface area contributed by atoms with E-state index in [0.717, 1.165) is 51.1 Å². The van der Waals surface area contributed by atoms with Crippen molar-refractivity contribution in [3.63, 3.8) is 0 Å². The monoisotopic (exact) mass is 477 g/mol. The molecule has 7 heteroatoms. The molecule has 0 spiro atoms. The molecule has 3 heterocycles. The molecule has 5 rings (SSSR count). The van der Waals surface area contributed by atoms with Crippen molar-refractivity contribution >= 4 is 11.8 Å². The zero-order chi connectivity index (χ0) is 24.2. The highest BCUT2D eigenvalue weighted by Crippen LogP contribution is 2.33. The van der Waals surface area contributed by atoms with Gasteiger partial charge in [0.15, 0.2) is 0 Å². The first kappa shape index (κ1) is 23.8. The Bertz CT molecular complexity index is 1010. The van der Waals surface area contributed by atoms with Crippen LogP contribution in [-0.4, -0.2) is 74.7 Å². The summed E-state index contributed by atoms with van der Waals surface area (Å²) in [5, 5.41) is 3.29. The second-order valence-corrected chi connectivity index (χ2v) is 10.0. The molecule has 2 aromatic rings. The van der Waals surface area contributed by atoms with E-state index in [4.69, 9.17) is 9.47 Å². The van der Waals surface area contributed by atoms with Gasteiger partial charge in [0.05, 0.1) is 31.2 Å². The summed E-state index contributed by atoms with van der Waals surface area (Å²) in [5.74, 6) is 1.74. The molecule has 7 nitrogen and oxygen atoms in total. The lowest BCUT2D eigenvalue weighted by atomic mass is 10.0. The van der Waals surface area contributed by atoms with Gasteiger partial charge in [-0.3, -0.25) is 9.59 Å². The highest BCUT2D eigenvalue weighted by Gasteiger charge is 2.42. The molecule has 186 valence electrons. The van der Waals surface area contributed by atoms with Crippen molar-refractivity contribution in [1.82, 2.24) is 15.1 Å². The van der Waals surface area contributed by atoms with Crippen LogP contribution in [0.5, 0.6) is 5.75 Å². The van der Waals surface area contributed by atoms with Crippen LogP contribution in [0.15, 0.2) is 54.6 Å². The molecule has 2 aromatic carbocycles. The van der Waals surface area contributed by atoms with E-state index in [1.807, 2.05) is 47.4 Å². The minimum atomic E-state index is -0.0425. The van der Waals surface area contributed by atoms with E-state index < -0.39 is 0 Å². The first-order chi connectivity index (χ1) is 17.1. The number of para-hydroxylation sites is 1. The zero-order valence-corrected chi connectivity index (χ0v) is 20.4. The van der Waals surface area contributed by atoms with E-state index in [2.05, 4.69) is 22.3 Å². The number of ether oxygens (including phenoxy) is 2. The number of carbonyl (C=O) groups is 2. The van der Waals surface area contributed by atoms with Gasteiger partial charge in [-0.25, -0.2) is 0 Å². The van der Waals surface area contributed by atoms with Crippen LogP contribution in [-0.2, 0) is 9.53 Å². The molecule has 0 aliphatic carbocycles. The van der Waals surface area contributed by atoms with Crippen LogP contribution in [0.4, 0.5) is 0 Å². The van der Waals surface area contributed by atoms with E-state index in [1.54, 1.807) is 7.11 Å². The predicted octanol–water partition coefficient (Wildman–Crippen LogP) is 2.98. The summed E-state index contributed by atoms with van der Waals surface area (Å²) in [6.07, 6.45) is 1.67. The Kier molecular flexibility index (Phi) is 7.35. The number of carbonyl (C=O) groups excluding carboxylic acids is 2. The molecular weight excluding hydrogens is 442 g/mol. The summed E-state index contributed by atoms with van der Waals surface area (Å²) in [6.45, 7) is 5.68. The smallest absolute Gasteiger partial charge is 0.257 e. The van der Waals surface area contributed by atoms with Crippen LogP contribution in [0.2, 0.25) is 0 Å². The molecule has 0 saturated carbocycles. The quantitative estimate of drug-likeness (QED) is 0.633. The Hall–Kier alpha value is -2.90. The fourth-order valence-corrected chi connectivity index (χ4v) is 5.78. The summed E-state index contributed by atoms with van der Waals surface area (Å²) in [7, 11) is 1.61. The highest BCUT2D eigenvalue weighted by atomic mass is 16.5. The number of fused-ring (bicyclic) bond motifs is 1. The van der Waals surface area contributed by atoms with Crippen LogP contribution >= 0.6 is 0 Å². The van der Waals surface area contributed by atoms with Gasteiger partial charge < -0.3 is 24.6 Å². The fraction of sp³-hybridized carbons (Fsp3) is 0.500. The van der Waals surface area contributed by atoms with Gasteiger partial charge >= 0.3 is 0 Å². The summed E-state index contributed by atoms with van der Waals surface area (Å²) in [5.41, 5.74) is 1.79. The number of nitrogens with zero attached hydrogens (tertiary/aromatic N) is 2. The van der Waals surface area contributed by atoms with Crippen molar-refractivity contribution in [2.75, 3.05) is 53.0 Å². The van der Waals surface area contributed by atoms with Gasteiger partial charge in [0, 0.05) is 39.3 Å². The third-order valence-corrected chi connectivity index (χ3v) is 7.74. The Balaban J connectivity index is 1.16. The van der Waals surface area contributed by atoms with Crippen LogP contribution in [0, 0.1) is 17.8 Å². The van der Waals surface area contributed by atoms with Crippen molar-refractivity contribution in [3.05, 3.63) is 65.7 Å². The SMILES string of the molecule is COc1ccccc1C(=O)N1CC2CN(CCC(NC(=O)C3CCOC3)c3ccccc3)C[C@H]2C1. The third-order valence-electron chi connectivity index (χ3n) is 7.74. The summed E-state index contributed by atoms with van der Waals surface area (Å²) in [4.78, 5) is 30.4. The first-order valence-electron chi connectivity index (χ1n) is 12.7. The van der Waals surface area contributed by atoms with Crippen molar-refractivity contribution in [1.29, 1.82) is 0 Å². The van der Waals surface area contributed by atoms with E-state index in [-0.39, 0.29) is 23.8 Å². The lowest BCUT2D eigenvalue weighted by Gasteiger charge is -2.25. The normalized spacial score (nSPS) is 24.8. The first-order valence-corrected chi connectivity index (χ1v) is 12.7. The van der Waals surface area contributed by atoms with E-state index in [9.17, 15) is 9.59 Å². The van der Waals surface area contributed by atoms with Crippen LogP contribution in [0.3, 0.4) is 0 Å². The average molecular weight is 478 g/mol. The van der Waals surface area contributed by atoms with Crippen LogP contribution in [0.25, 0.3) is 0 Å². The van der Waals surface area contributed by atoms with Gasteiger partial charge in [-0.15, -0.1) is 0 Å². The Morgan fingerprint density at radius 3 is 2.43 bits per heavy atom. The van der Waals surface area contributed by atoms with Crippen LogP contribution in [0.1, 0.15) is 34.8 Å². The molecular formula is C28H35N3O4. The van der Waals surface area contributed by atoms with Crippen molar-refractivity contribution < 1.29 is 19.1 Å².